The number of thioether (sulfide) groups is 1. The fraction of sp³-hybridized carbons (Fsp3) is 0.333. The summed E-state index contributed by atoms with van der Waals surface area (Å²) in [5.74, 6) is 0.910. The number of nitriles is 1. The Morgan fingerprint density at radius 1 is 1.32 bits per heavy atom. The zero-order valence-electron chi connectivity index (χ0n) is 17.7. The van der Waals surface area contributed by atoms with E-state index in [0.29, 0.717) is 40.5 Å². The number of benzene rings is 1. The van der Waals surface area contributed by atoms with E-state index in [4.69, 9.17) is 17.3 Å². The normalized spacial score (nSPS) is 20.7. The highest BCUT2D eigenvalue weighted by Gasteiger charge is 2.45. The molecule has 31 heavy (non-hydrogen) atoms. The van der Waals surface area contributed by atoms with E-state index in [0.717, 1.165) is 21.2 Å². The molecule has 4 rings (SSSR count). The molecule has 2 heterocycles. The number of carbonyl (C=O) groups excluding carboxylic acids is 1. The number of ketones is 1. The first-order valence-electron chi connectivity index (χ1n) is 10.2. The molecule has 7 heteroatoms. The molecule has 0 spiro atoms. The maximum absolute atomic E-state index is 13.6. The van der Waals surface area contributed by atoms with Crippen LogP contribution in [-0.4, -0.2) is 11.5 Å². The molecule has 1 aliphatic carbocycles. The summed E-state index contributed by atoms with van der Waals surface area (Å²) in [7, 11) is 0. The van der Waals surface area contributed by atoms with Crippen LogP contribution < -0.4 is 10.6 Å². The Morgan fingerprint density at radius 3 is 2.74 bits per heavy atom. The number of carbonyl (C=O) groups is 1. The third kappa shape index (κ3) is 3.80. The van der Waals surface area contributed by atoms with Gasteiger partial charge < -0.3 is 5.73 Å². The van der Waals surface area contributed by atoms with Gasteiger partial charge in [0, 0.05) is 27.5 Å². The predicted molar refractivity (Wildman–Crippen MR) is 129 cm³/mol. The van der Waals surface area contributed by atoms with Crippen LogP contribution in [0.4, 0.5) is 5.69 Å². The van der Waals surface area contributed by atoms with Gasteiger partial charge >= 0.3 is 0 Å². The fourth-order valence-electron chi connectivity index (χ4n) is 4.47. The van der Waals surface area contributed by atoms with Crippen LogP contribution in [0.2, 0.25) is 5.02 Å². The van der Waals surface area contributed by atoms with E-state index < -0.39 is 5.92 Å². The minimum absolute atomic E-state index is 0.0782. The van der Waals surface area contributed by atoms with E-state index in [1.807, 2.05) is 28.5 Å². The lowest BCUT2D eigenvalue weighted by molar-refractivity contribution is -0.118. The van der Waals surface area contributed by atoms with E-state index in [-0.39, 0.29) is 11.2 Å². The molecule has 0 saturated carbocycles. The molecule has 2 N–H and O–H groups in total. The van der Waals surface area contributed by atoms with Crippen molar-refractivity contribution in [3.8, 4) is 6.07 Å². The second kappa shape index (κ2) is 8.38. The highest BCUT2D eigenvalue weighted by molar-refractivity contribution is 7.99. The number of Topliss-reactive ketones (excluding diaryl/α,β-unsaturated/α-hetero) is 1. The fourth-order valence-corrected chi connectivity index (χ4v) is 6.74. The van der Waals surface area contributed by atoms with Crippen molar-refractivity contribution in [3.05, 3.63) is 68.3 Å². The van der Waals surface area contributed by atoms with Crippen LogP contribution in [0.3, 0.4) is 0 Å². The predicted octanol–water partition coefficient (Wildman–Crippen LogP) is 6.45. The van der Waals surface area contributed by atoms with Gasteiger partial charge in [0.2, 0.25) is 0 Å². The molecule has 2 aliphatic rings. The van der Waals surface area contributed by atoms with E-state index in [1.165, 1.54) is 0 Å². The Morgan fingerprint density at radius 2 is 2.06 bits per heavy atom. The second-order valence-corrected chi connectivity index (χ2v) is 11.2. The van der Waals surface area contributed by atoms with Crippen LogP contribution in [0.5, 0.6) is 0 Å². The van der Waals surface area contributed by atoms with Gasteiger partial charge in [0.1, 0.15) is 5.82 Å². The van der Waals surface area contributed by atoms with Crippen molar-refractivity contribution in [3.63, 3.8) is 0 Å². The minimum atomic E-state index is -0.434. The third-order valence-corrected chi connectivity index (χ3v) is 8.08. The number of allylic oxidation sites excluding steroid dienone is 3. The molecule has 160 valence electrons. The Bertz CT molecular complexity index is 1160. The van der Waals surface area contributed by atoms with Crippen LogP contribution in [0, 0.1) is 16.7 Å². The highest BCUT2D eigenvalue weighted by Crippen LogP contribution is 2.53. The number of anilines is 1. The summed E-state index contributed by atoms with van der Waals surface area (Å²) >= 11 is 9.85. The van der Waals surface area contributed by atoms with Crippen molar-refractivity contribution in [2.24, 2.45) is 11.1 Å². The molecule has 0 amide bonds. The monoisotopic (exact) mass is 469 g/mol. The van der Waals surface area contributed by atoms with E-state index in [1.54, 1.807) is 29.2 Å². The zero-order valence-corrected chi connectivity index (χ0v) is 20.1. The summed E-state index contributed by atoms with van der Waals surface area (Å²) in [6.45, 7) is 6.29. The molecule has 1 atom stereocenters. The summed E-state index contributed by atoms with van der Waals surface area (Å²) < 4.78 is 0. The van der Waals surface area contributed by atoms with Gasteiger partial charge in [-0.3, -0.25) is 9.69 Å². The van der Waals surface area contributed by atoms with Gasteiger partial charge in [-0.15, -0.1) is 23.1 Å². The quantitative estimate of drug-likeness (QED) is 0.520. The second-order valence-electron chi connectivity index (χ2n) is 8.51. The number of halogens is 1. The molecule has 0 radical (unpaired) electrons. The van der Waals surface area contributed by atoms with Gasteiger partial charge in [0.25, 0.3) is 0 Å². The average Bonchev–Trinajstić information content (AvgIpc) is 3.15. The van der Waals surface area contributed by atoms with Crippen molar-refractivity contribution in [2.45, 2.75) is 44.4 Å². The summed E-state index contributed by atoms with van der Waals surface area (Å²) in [6, 6.07) is 11.8. The van der Waals surface area contributed by atoms with Crippen molar-refractivity contribution in [1.82, 2.24) is 0 Å². The maximum atomic E-state index is 13.6. The van der Waals surface area contributed by atoms with Crippen molar-refractivity contribution >= 4 is 46.2 Å². The Balaban J connectivity index is 2.01. The maximum Gasteiger partial charge on any atom is 0.162 e. The largest absolute Gasteiger partial charge is 0.384 e. The van der Waals surface area contributed by atoms with Crippen LogP contribution in [0.1, 0.15) is 44.4 Å². The Labute approximate surface area is 196 Å². The van der Waals surface area contributed by atoms with Crippen LogP contribution in [0.15, 0.2) is 63.3 Å². The van der Waals surface area contributed by atoms with Crippen LogP contribution in [-0.2, 0) is 4.79 Å². The summed E-state index contributed by atoms with van der Waals surface area (Å²) in [5.41, 5.74) is 9.11. The molecule has 2 aromatic rings. The topological polar surface area (TPSA) is 70.1 Å². The van der Waals surface area contributed by atoms with E-state index in [2.05, 4.69) is 32.9 Å². The number of hydrogen-bond donors (Lipinski definition) is 1. The molecule has 0 bridgehead atoms. The average molecular weight is 470 g/mol. The smallest absolute Gasteiger partial charge is 0.162 e. The molecule has 4 nitrogen and oxygen atoms in total. The number of nitrogens with two attached hydrogens (primary N) is 1. The molecular formula is C24H24ClN3OS2. The lowest BCUT2D eigenvalue weighted by atomic mass is 9.69. The van der Waals surface area contributed by atoms with Gasteiger partial charge in [0.15, 0.2) is 5.78 Å². The number of thiophene rings is 1. The van der Waals surface area contributed by atoms with Gasteiger partial charge in [-0.25, -0.2) is 0 Å². The van der Waals surface area contributed by atoms with Gasteiger partial charge in [0.05, 0.1) is 28.3 Å². The molecule has 1 aromatic heterocycles. The Hall–Kier alpha value is -2.20. The van der Waals surface area contributed by atoms with Crippen molar-refractivity contribution in [2.75, 3.05) is 10.7 Å². The third-order valence-electron chi connectivity index (χ3n) is 5.69. The SMILES string of the molecule is CCSc1ccsc1[C@@H]1C(C#N)=C(N)N(c2ccccc2Cl)C2=C1C(=O)CC(C)(C)C2. The number of para-hydroxylation sites is 1. The first kappa shape index (κ1) is 22.0. The first-order valence-corrected chi connectivity index (χ1v) is 12.4. The molecule has 0 fully saturated rings. The van der Waals surface area contributed by atoms with Gasteiger partial charge in [-0.05, 0) is 41.2 Å². The molecule has 0 saturated heterocycles. The zero-order chi connectivity index (χ0) is 22.3. The lowest BCUT2D eigenvalue weighted by Gasteiger charge is -2.43. The standard InChI is InChI=1S/C24H24ClN3OS2/c1-4-30-19-9-10-31-22(19)20-14(13-26)23(27)28(16-8-6-5-7-15(16)25)17-11-24(2,3)12-18(29)21(17)20/h5-10,20H,4,11-12,27H2,1-3H3/t20-/m1/s1. The lowest BCUT2D eigenvalue weighted by Crippen LogP contribution is -2.42. The summed E-state index contributed by atoms with van der Waals surface area (Å²) in [6.07, 6.45) is 1.12. The van der Waals surface area contributed by atoms with Crippen molar-refractivity contribution < 1.29 is 4.79 Å². The van der Waals surface area contributed by atoms with Crippen LogP contribution in [0.25, 0.3) is 0 Å². The Kier molecular flexibility index (Phi) is 5.95. The minimum Gasteiger partial charge on any atom is -0.384 e. The van der Waals surface area contributed by atoms with Gasteiger partial charge in [-0.2, -0.15) is 5.26 Å². The number of rotatable bonds is 4. The highest BCUT2D eigenvalue weighted by atomic mass is 35.5. The molecular weight excluding hydrogens is 446 g/mol. The first-order chi connectivity index (χ1) is 14.8. The molecule has 1 aromatic carbocycles. The number of hydrogen-bond acceptors (Lipinski definition) is 6. The molecule has 0 unspecified atom stereocenters. The van der Waals surface area contributed by atoms with E-state index >= 15 is 0 Å². The van der Waals surface area contributed by atoms with Crippen LogP contribution >= 0.6 is 34.7 Å². The van der Waals surface area contributed by atoms with Gasteiger partial charge in [-0.1, -0.05) is 44.5 Å². The van der Waals surface area contributed by atoms with Crippen molar-refractivity contribution in [1.29, 1.82) is 5.26 Å². The summed E-state index contributed by atoms with van der Waals surface area (Å²) in [5, 5.41) is 12.7. The summed E-state index contributed by atoms with van der Waals surface area (Å²) in [4.78, 5) is 17.5. The molecule has 1 aliphatic heterocycles. The van der Waals surface area contributed by atoms with E-state index in [9.17, 15) is 10.1 Å². The number of nitrogens with zero attached hydrogens (tertiary/aromatic N) is 2.